The number of carbonyl (C=O) groups is 1. The Morgan fingerprint density at radius 1 is 1.62 bits per heavy atom. The largest absolute Gasteiger partial charge is 0.464 e. The quantitative estimate of drug-likeness (QED) is 0.783. The maximum Gasteiger partial charge on any atom is 0.330 e. The van der Waals surface area contributed by atoms with Crippen LogP contribution in [0.3, 0.4) is 0 Å². The minimum atomic E-state index is -0.328. The molecule has 16 heavy (non-hydrogen) atoms. The van der Waals surface area contributed by atoms with Crippen molar-refractivity contribution in [2.75, 3.05) is 6.61 Å². The van der Waals surface area contributed by atoms with Gasteiger partial charge in [-0.3, -0.25) is 4.68 Å². The summed E-state index contributed by atoms with van der Waals surface area (Å²) in [5, 5.41) is 4.14. The zero-order valence-corrected chi connectivity index (χ0v) is 11.4. The van der Waals surface area contributed by atoms with Crippen LogP contribution >= 0.6 is 15.9 Å². The Morgan fingerprint density at radius 3 is 2.75 bits per heavy atom. The maximum absolute atomic E-state index is 11.8. The van der Waals surface area contributed by atoms with Gasteiger partial charge in [0.2, 0.25) is 0 Å². The van der Waals surface area contributed by atoms with Crippen LogP contribution in [-0.4, -0.2) is 22.4 Å². The molecule has 1 unspecified atom stereocenters. The van der Waals surface area contributed by atoms with Crippen LogP contribution in [0.25, 0.3) is 0 Å². The van der Waals surface area contributed by atoms with Crippen molar-refractivity contribution in [3.8, 4) is 0 Å². The highest BCUT2D eigenvalue weighted by molar-refractivity contribution is 9.10. The Balaban J connectivity index is 2.82. The van der Waals surface area contributed by atoms with Gasteiger partial charge in [0, 0.05) is 6.20 Å². The third-order valence-electron chi connectivity index (χ3n) is 2.14. The first-order chi connectivity index (χ1) is 7.54. The van der Waals surface area contributed by atoms with Crippen LogP contribution < -0.4 is 0 Å². The standard InChI is InChI=1S/C11H17BrN2O2/c1-4-16-11(15)10(5-8(2)3)14-7-9(12)6-13-14/h6-8,10H,4-5H2,1-3H3. The number of ether oxygens (including phenoxy) is 1. The first-order valence-corrected chi connectivity index (χ1v) is 6.20. The molecule has 5 heteroatoms. The SMILES string of the molecule is CCOC(=O)C(CC(C)C)n1cc(Br)cn1. The fraction of sp³-hybridized carbons (Fsp3) is 0.636. The molecule has 0 amide bonds. The van der Waals surface area contributed by atoms with E-state index in [2.05, 4.69) is 34.9 Å². The van der Waals surface area contributed by atoms with Crippen LogP contribution in [0, 0.1) is 5.92 Å². The zero-order valence-electron chi connectivity index (χ0n) is 9.81. The van der Waals surface area contributed by atoms with Crippen molar-refractivity contribution in [2.45, 2.75) is 33.2 Å². The average Bonchev–Trinajstić information content (AvgIpc) is 2.61. The summed E-state index contributed by atoms with van der Waals surface area (Å²) in [7, 11) is 0. The molecule has 0 aliphatic heterocycles. The molecule has 0 aromatic carbocycles. The van der Waals surface area contributed by atoms with E-state index in [9.17, 15) is 4.79 Å². The van der Waals surface area contributed by atoms with Crippen molar-refractivity contribution >= 4 is 21.9 Å². The Labute approximate surface area is 104 Å². The molecule has 1 heterocycles. The van der Waals surface area contributed by atoms with E-state index in [1.165, 1.54) is 0 Å². The Morgan fingerprint density at radius 2 is 2.31 bits per heavy atom. The summed E-state index contributed by atoms with van der Waals surface area (Å²) in [5.41, 5.74) is 0. The van der Waals surface area contributed by atoms with Crippen molar-refractivity contribution in [1.82, 2.24) is 9.78 Å². The highest BCUT2D eigenvalue weighted by Crippen LogP contribution is 2.20. The molecule has 0 bridgehead atoms. The predicted octanol–water partition coefficient (Wildman–Crippen LogP) is 2.80. The van der Waals surface area contributed by atoms with Crippen LogP contribution in [0.1, 0.15) is 33.2 Å². The van der Waals surface area contributed by atoms with E-state index >= 15 is 0 Å². The maximum atomic E-state index is 11.8. The molecule has 0 fully saturated rings. The second-order valence-electron chi connectivity index (χ2n) is 4.04. The van der Waals surface area contributed by atoms with E-state index in [1.54, 1.807) is 17.1 Å². The van der Waals surface area contributed by atoms with Gasteiger partial charge in [0.1, 0.15) is 6.04 Å². The van der Waals surface area contributed by atoms with Crippen LogP contribution in [0.4, 0.5) is 0 Å². The Kier molecular flexibility index (Phi) is 4.99. The van der Waals surface area contributed by atoms with Gasteiger partial charge < -0.3 is 4.74 Å². The zero-order chi connectivity index (χ0) is 12.1. The van der Waals surface area contributed by atoms with Crippen molar-refractivity contribution in [3.63, 3.8) is 0 Å². The highest BCUT2D eigenvalue weighted by atomic mass is 79.9. The smallest absolute Gasteiger partial charge is 0.330 e. The molecule has 0 saturated heterocycles. The number of hydrogen-bond acceptors (Lipinski definition) is 3. The number of aromatic nitrogens is 2. The number of esters is 1. The van der Waals surface area contributed by atoms with Gasteiger partial charge in [0.15, 0.2) is 0 Å². The number of hydrogen-bond donors (Lipinski definition) is 0. The van der Waals surface area contributed by atoms with Gasteiger partial charge in [0.25, 0.3) is 0 Å². The van der Waals surface area contributed by atoms with Crippen LogP contribution in [-0.2, 0) is 9.53 Å². The van der Waals surface area contributed by atoms with Gasteiger partial charge in [-0.15, -0.1) is 0 Å². The van der Waals surface area contributed by atoms with Gasteiger partial charge in [-0.1, -0.05) is 13.8 Å². The van der Waals surface area contributed by atoms with Gasteiger partial charge in [-0.25, -0.2) is 4.79 Å². The molecule has 0 saturated carbocycles. The molecular formula is C11H17BrN2O2. The van der Waals surface area contributed by atoms with Crippen LogP contribution in [0.2, 0.25) is 0 Å². The third kappa shape index (κ3) is 3.63. The van der Waals surface area contributed by atoms with E-state index in [4.69, 9.17) is 4.74 Å². The number of halogens is 1. The first kappa shape index (κ1) is 13.2. The van der Waals surface area contributed by atoms with Crippen molar-refractivity contribution < 1.29 is 9.53 Å². The highest BCUT2D eigenvalue weighted by Gasteiger charge is 2.23. The number of nitrogens with zero attached hydrogens (tertiary/aromatic N) is 2. The van der Waals surface area contributed by atoms with Gasteiger partial charge in [-0.05, 0) is 35.2 Å². The van der Waals surface area contributed by atoms with E-state index in [0.29, 0.717) is 12.5 Å². The summed E-state index contributed by atoms with van der Waals surface area (Å²) in [5.74, 6) is 0.198. The van der Waals surface area contributed by atoms with Crippen LogP contribution in [0.15, 0.2) is 16.9 Å². The lowest BCUT2D eigenvalue weighted by molar-refractivity contribution is -0.148. The molecule has 1 aromatic heterocycles. The van der Waals surface area contributed by atoms with Crippen LogP contribution in [0.5, 0.6) is 0 Å². The van der Waals surface area contributed by atoms with E-state index in [-0.39, 0.29) is 12.0 Å². The molecule has 4 nitrogen and oxygen atoms in total. The van der Waals surface area contributed by atoms with Gasteiger partial charge in [0.05, 0.1) is 17.3 Å². The Bertz CT molecular complexity index is 350. The topological polar surface area (TPSA) is 44.1 Å². The number of rotatable bonds is 5. The van der Waals surface area contributed by atoms with Gasteiger partial charge in [-0.2, -0.15) is 5.10 Å². The summed E-state index contributed by atoms with van der Waals surface area (Å²) in [6.07, 6.45) is 4.20. The second kappa shape index (κ2) is 6.03. The fourth-order valence-electron chi connectivity index (χ4n) is 1.48. The molecule has 0 aliphatic rings. The van der Waals surface area contributed by atoms with E-state index in [1.807, 2.05) is 6.92 Å². The Hall–Kier alpha value is -0.840. The molecule has 90 valence electrons. The lowest BCUT2D eigenvalue weighted by Crippen LogP contribution is -2.24. The fourth-order valence-corrected chi connectivity index (χ4v) is 1.78. The molecule has 0 radical (unpaired) electrons. The molecule has 1 rings (SSSR count). The lowest BCUT2D eigenvalue weighted by atomic mass is 10.0. The first-order valence-electron chi connectivity index (χ1n) is 5.40. The average molecular weight is 289 g/mol. The van der Waals surface area contributed by atoms with Crippen molar-refractivity contribution in [2.24, 2.45) is 5.92 Å². The minimum Gasteiger partial charge on any atom is -0.464 e. The molecular weight excluding hydrogens is 272 g/mol. The summed E-state index contributed by atoms with van der Waals surface area (Å²) in [6.45, 7) is 6.36. The normalized spacial score (nSPS) is 12.8. The van der Waals surface area contributed by atoms with E-state index in [0.717, 1.165) is 10.9 Å². The summed E-state index contributed by atoms with van der Waals surface area (Å²) in [4.78, 5) is 11.8. The van der Waals surface area contributed by atoms with Crippen molar-refractivity contribution in [3.05, 3.63) is 16.9 Å². The molecule has 0 N–H and O–H groups in total. The molecule has 1 aromatic rings. The monoisotopic (exact) mass is 288 g/mol. The third-order valence-corrected chi connectivity index (χ3v) is 2.55. The lowest BCUT2D eigenvalue weighted by Gasteiger charge is -2.17. The minimum absolute atomic E-state index is 0.216. The van der Waals surface area contributed by atoms with Gasteiger partial charge >= 0.3 is 5.97 Å². The summed E-state index contributed by atoms with van der Waals surface area (Å²) in [6, 6.07) is -0.328. The van der Waals surface area contributed by atoms with E-state index < -0.39 is 0 Å². The molecule has 0 spiro atoms. The van der Waals surface area contributed by atoms with Crippen molar-refractivity contribution in [1.29, 1.82) is 0 Å². The molecule has 1 atom stereocenters. The summed E-state index contributed by atoms with van der Waals surface area (Å²) >= 11 is 3.32. The number of carbonyl (C=O) groups excluding carboxylic acids is 1. The predicted molar refractivity (Wildman–Crippen MR) is 65.1 cm³/mol. The second-order valence-corrected chi connectivity index (χ2v) is 4.95. The molecule has 0 aliphatic carbocycles. The summed E-state index contributed by atoms with van der Waals surface area (Å²) < 4.78 is 7.57.